The van der Waals surface area contributed by atoms with Crippen molar-refractivity contribution in [3.8, 4) is 0 Å². The molecule has 0 spiro atoms. The zero-order chi connectivity index (χ0) is 7.52. The van der Waals surface area contributed by atoms with E-state index in [9.17, 15) is 0 Å². The average Bonchev–Trinajstić information content (AvgIpc) is 2.60. The molecule has 1 unspecified atom stereocenters. The Labute approximate surface area is 73.3 Å². The van der Waals surface area contributed by atoms with Crippen LogP contribution >= 0.6 is 11.8 Å². The van der Waals surface area contributed by atoms with Gasteiger partial charge >= 0.3 is 0 Å². The fourth-order valence-corrected chi connectivity index (χ4v) is 3.34. The molecule has 0 aromatic rings. The first-order valence-electron chi connectivity index (χ1n) is 4.80. The first-order valence-corrected chi connectivity index (χ1v) is 5.85. The fraction of sp³-hybridized carbons (Fsp3) is 1.00. The summed E-state index contributed by atoms with van der Waals surface area (Å²) < 4.78 is 0. The van der Waals surface area contributed by atoms with E-state index in [2.05, 4.69) is 17.1 Å². The summed E-state index contributed by atoms with van der Waals surface area (Å²) in [5, 5.41) is 4.35. The van der Waals surface area contributed by atoms with Crippen LogP contribution in [0, 0.1) is 5.92 Å². The van der Waals surface area contributed by atoms with Gasteiger partial charge in [-0.05, 0) is 12.3 Å². The van der Waals surface area contributed by atoms with Gasteiger partial charge in [0.25, 0.3) is 0 Å². The summed E-state index contributed by atoms with van der Waals surface area (Å²) in [4.78, 5) is 0. The minimum Gasteiger partial charge on any atom is -0.305 e. The first-order chi connectivity index (χ1) is 5.45. The lowest BCUT2D eigenvalue weighted by molar-refractivity contribution is 0.471. The molecule has 2 fully saturated rings. The van der Waals surface area contributed by atoms with E-state index >= 15 is 0 Å². The second kappa shape index (κ2) is 3.81. The molecular weight excluding hydrogens is 154 g/mol. The van der Waals surface area contributed by atoms with Crippen LogP contribution in [0.4, 0.5) is 0 Å². The number of thioether (sulfide) groups is 1. The van der Waals surface area contributed by atoms with Crippen LogP contribution in [0.3, 0.4) is 0 Å². The Morgan fingerprint density at radius 3 is 2.73 bits per heavy atom. The van der Waals surface area contributed by atoms with Crippen molar-refractivity contribution in [3.05, 3.63) is 0 Å². The van der Waals surface area contributed by atoms with E-state index in [-0.39, 0.29) is 0 Å². The van der Waals surface area contributed by atoms with Crippen molar-refractivity contribution in [2.45, 2.75) is 37.5 Å². The molecule has 0 aromatic carbocycles. The van der Waals surface area contributed by atoms with Crippen molar-refractivity contribution in [1.82, 2.24) is 5.32 Å². The Balaban J connectivity index is 1.71. The maximum Gasteiger partial charge on any atom is 0.0535 e. The van der Waals surface area contributed by atoms with Gasteiger partial charge in [-0.2, -0.15) is 0 Å². The summed E-state index contributed by atoms with van der Waals surface area (Å²) in [5.74, 6) is 2.38. The van der Waals surface area contributed by atoms with Gasteiger partial charge in [-0.3, -0.25) is 0 Å². The average molecular weight is 171 g/mol. The molecule has 1 saturated carbocycles. The van der Waals surface area contributed by atoms with Gasteiger partial charge in [0.2, 0.25) is 0 Å². The topological polar surface area (TPSA) is 12.0 Å². The van der Waals surface area contributed by atoms with Gasteiger partial charge in [0.05, 0.1) is 5.37 Å². The molecule has 1 heterocycles. The van der Waals surface area contributed by atoms with E-state index in [1.165, 1.54) is 44.4 Å². The van der Waals surface area contributed by atoms with Crippen molar-refractivity contribution in [2.24, 2.45) is 5.92 Å². The highest BCUT2D eigenvalue weighted by Gasteiger charge is 2.22. The van der Waals surface area contributed by atoms with Gasteiger partial charge in [0.15, 0.2) is 0 Å². The quantitative estimate of drug-likeness (QED) is 0.684. The highest BCUT2D eigenvalue weighted by Crippen LogP contribution is 2.32. The Bertz CT molecular complexity index is 101. The van der Waals surface area contributed by atoms with E-state index in [0.717, 1.165) is 11.3 Å². The van der Waals surface area contributed by atoms with Crippen LogP contribution in [-0.2, 0) is 0 Å². The highest BCUT2D eigenvalue weighted by atomic mass is 32.2. The molecule has 1 nitrogen and oxygen atoms in total. The number of hydrogen-bond acceptors (Lipinski definition) is 2. The zero-order valence-electron chi connectivity index (χ0n) is 7.01. The summed E-state index contributed by atoms with van der Waals surface area (Å²) in [6.07, 6.45) is 7.41. The van der Waals surface area contributed by atoms with Crippen molar-refractivity contribution in [3.63, 3.8) is 0 Å². The van der Waals surface area contributed by atoms with Crippen LogP contribution in [0.1, 0.15) is 32.1 Å². The van der Waals surface area contributed by atoms with Crippen molar-refractivity contribution in [1.29, 1.82) is 0 Å². The molecule has 2 heteroatoms. The minimum absolute atomic E-state index is 0.804. The maximum atomic E-state index is 3.55. The normalized spacial score (nSPS) is 33.3. The minimum atomic E-state index is 0.804. The van der Waals surface area contributed by atoms with Crippen LogP contribution < -0.4 is 5.32 Å². The molecule has 1 N–H and O–H groups in total. The van der Waals surface area contributed by atoms with Gasteiger partial charge < -0.3 is 5.32 Å². The third kappa shape index (κ3) is 2.12. The SMILES string of the molecule is C1CCC(CC2NCCS2)C1. The van der Waals surface area contributed by atoms with Crippen LogP contribution in [0.2, 0.25) is 0 Å². The van der Waals surface area contributed by atoms with E-state index in [1.54, 1.807) is 0 Å². The molecule has 0 aromatic heterocycles. The van der Waals surface area contributed by atoms with E-state index in [1.807, 2.05) is 0 Å². The molecule has 0 bridgehead atoms. The van der Waals surface area contributed by atoms with Gasteiger partial charge in [0.1, 0.15) is 0 Å². The third-order valence-electron chi connectivity index (χ3n) is 2.82. The van der Waals surface area contributed by atoms with Gasteiger partial charge in [-0.15, -0.1) is 11.8 Å². The standard InChI is InChI=1S/C9H17NS/c1-2-4-8(3-1)7-9-10-5-6-11-9/h8-10H,1-7H2. The largest absolute Gasteiger partial charge is 0.305 e. The smallest absolute Gasteiger partial charge is 0.0535 e. The number of nitrogens with one attached hydrogen (secondary N) is 1. The molecule has 11 heavy (non-hydrogen) atoms. The molecule has 64 valence electrons. The van der Waals surface area contributed by atoms with E-state index < -0.39 is 0 Å². The Hall–Kier alpha value is 0.310. The summed E-state index contributed by atoms with van der Waals surface area (Å²) >= 11 is 2.12. The Morgan fingerprint density at radius 2 is 2.09 bits per heavy atom. The Morgan fingerprint density at radius 1 is 1.27 bits per heavy atom. The summed E-state index contributed by atoms with van der Waals surface area (Å²) in [7, 11) is 0. The van der Waals surface area contributed by atoms with Crippen LogP contribution in [0.25, 0.3) is 0 Å². The molecule has 0 amide bonds. The van der Waals surface area contributed by atoms with Crippen LogP contribution in [0.5, 0.6) is 0 Å². The molecule has 1 aliphatic heterocycles. The predicted octanol–water partition coefficient (Wildman–Crippen LogP) is 2.23. The van der Waals surface area contributed by atoms with Gasteiger partial charge in [0, 0.05) is 12.3 Å². The van der Waals surface area contributed by atoms with Gasteiger partial charge in [-0.25, -0.2) is 0 Å². The van der Waals surface area contributed by atoms with Crippen LogP contribution in [0.15, 0.2) is 0 Å². The maximum absolute atomic E-state index is 3.55. The molecular formula is C9H17NS. The Kier molecular flexibility index (Phi) is 2.75. The number of hydrogen-bond donors (Lipinski definition) is 1. The molecule has 0 radical (unpaired) electrons. The highest BCUT2D eigenvalue weighted by molar-refractivity contribution is 8.00. The monoisotopic (exact) mass is 171 g/mol. The van der Waals surface area contributed by atoms with E-state index in [0.29, 0.717) is 0 Å². The van der Waals surface area contributed by atoms with Crippen molar-refractivity contribution >= 4 is 11.8 Å². The fourth-order valence-electron chi connectivity index (χ4n) is 2.18. The summed E-state index contributed by atoms with van der Waals surface area (Å²) in [5.41, 5.74) is 0. The van der Waals surface area contributed by atoms with Crippen molar-refractivity contribution in [2.75, 3.05) is 12.3 Å². The lowest BCUT2D eigenvalue weighted by Crippen LogP contribution is -2.21. The lowest BCUT2D eigenvalue weighted by Gasteiger charge is -2.14. The predicted molar refractivity (Wildman–Crippen MR) is 50.8 cm³/mol. The van der Waals surface area contributed by atoms with Gasteiger partial charge in [-0.1, -0.05) is 25.7 Å². The van der Waals surface area contributed by atoms with Crippen LogP contribution in [-0.4, -0.2) is 17.7 Å². The first kappa shape index (κ1) is 7.93. The molecule has 1 aliphatic carbocycles. The zero-order valence-corrected chi connectivity index (χ0v) is 7.83. The molecule has 1 saturated heterocycles. The molecule has 2 rings (SSSR count). The lowest BCUT2D eigenvalue weighted by atomic mass is 10.0. The summed E-state index contributed by atoms with van der Waals surface area (Å²) in [6, 6.07) is 0. The van der Waals surface area contributed by atoms with Crippen molar-refractivity contribution < 1.29 is 0 Å². The second-order valence-corrected chi connectivity index (χ2v) is 5.01. The number of rotatable bonds is 2. The second-order valence-electron chi connectivity index (χ2n) is 3.70. The third-order valence-corrected chi connectivity index (χ3v) is 4.02. The summed E-state index contributed by atoms with van der Waals surface area (Å²) in [6.45, 7) is 1.24. The molecule has 1 atom stereocenters. The van der Waals surface area contributed by atoms with E-state index in [4.69, 9.17) is 0 Å². The molecule has 2 aliphatic rings.